The van der Waals surface area contributed by atoms with Crippen molar-refractivity contribution < 1.29 is 14.3 Å². The molecule has 0 amide bonds. The lowest BCUT2D eigenvalue weighted by atomic mass is 10.1. The summed E-state index contributed by atoms with van der Waals surface area (Å²) in [5, 5.41) is 3.13. The Hall–Kier alpha value is -1.55. The zero-order valence-electron chi connectivity index (χ0n) is 11.9. The number of carbonyl (C=O) groups is 1. The third kappa shape index (κ3) is 3.07. The van der Waals surface area contributed by atoms with Crippen LogP contribution >= 0.6 is 0 Å². The van der Waals surface area contributed by atoms with Gasteiger partial charge in [-0.1, -0.05) is 6.07 Å². The molecule has 0 saturated carbocycles. The summed E-state index contributed by atoms with van der Waals surface area (Å²) in [6, 6.07) is 3.95. The number of hydrogen-bond acceptors (Lipinski definition) is 4. The average molecular weight is 263 g/mol. The van der Waals surface area contributed by atoms with Gasteiger partial charge in [-0.15, -0.1) is 0 Å². The van der Waals surface area contributed by atoms with Gasteiger partial charge >= 0.3 is 5.97 Å². The van der Waals surface area contributed by atoms with Crippen LogP contribution in [-0.4, -0.2) is 31.8 Å². The standard InChI is InChI=1S/C15H21NO3/c1-9-5-10(2)11(3)14(6-9)19-12-7-13(16-8-12)15(17)18-4/h5-6,12-13,16H,7-8H2,1-4H3/t12?,13-/m0/s1. The smallest absolute Gasteiger partial charge is 0.323 e. The molecule has 2 rings (SSSR count). The monoisotopic (exact) mass is 263 g/mol. The van der Waals surface area contributed by atoms with E-state index in [1.165, 1.54) is 18.2 Å². The Morgan fingerprint density at radius 1 is 1.32 bits per heavy atom. The molecule has 4 nitrogen and oxygen atoms in total. The SMILES string of the molecule is COC(=O)[C@@H]1CC(Oc2cc(C)cc(C)c2C)CN1. The van der Waals surface area contributed by atoms with E-state index in [0.29, 0.717) is 13.0 Å². The molecule has 1 aromatic carbocycles. The molecule has 4 heteroatoms. The van der Waals surface area contributed by atoms with E-state index in [4.69, 9.17) is 9.47 Å². The van der Waals surface area contributed by atoms with Crippen molar-refractivity contribution in [2.24, 2.45) is 0 Å². The molecular formula is C15H21NO3. The van der Waals surface area contributed by atoms with E-state index in [0.717, 1.165) is 11.3 Å². The van der Waals surface area contributed by atoms with Crippen LogP contribution in [-0.2, 0) is 9.53 Å². The van der Waals surface area contributed by atoms with Crippen molar-refractivity contribution >= 4 is 5.97 Å². The molecule has 0 aromatic heterocycles. The number of aryl methyl sites for hydroxylation is 2. The maximum absolute atomic E-state index is 11.4. The maximum Gasteiger partial charge on any atom is 0.323 e. The Morgan fingerprint density at radius 3 is 2.74 bits per heavy atom. The summed E-state index contributed by atoms with van der Waals surface area (Å²) in [5.41, 5.74) is 3.58. The van der Waals surface area contributed by atoms with E-state index in [-0.39, 0.29) is 18.1 Å². The lowest BCUT2D eigenvalue weighted by Crippen LogP contribution is -2.31. The molecule has 1 unspecified atom stereocenters. The maximum atomic E-state index is 11.4. The van der Waals surface area contributed by atoms with Gasteiger partial charge in [0.05, 0.1) is 7.11 Å². The highest BCUT2D eigenvalue weighted by Gasteiger charge is 2.31. The molecule has 1 aromatic rings. The number of hydrogen-bond donors (Lipinski definition) is 1. The highest BCUT2D eigenvalue weighted by Crippen LogP contribution is 2.26. The van der Waals surface area contributed by atoms with Crippen LogP contribution in [0.25, 0.3) is 0 Å². The second kappa shape index (κ2) is 5.61. The Morgan fingerprint density at radius 2 is 2.05 bits per heavy atom. The number of benzene rings is 1. The number of ether oxygens (including phenoxy) is 2. The van der Waals surface area contributed by atoms with Crippen molar-refractivity contribution in [1.82, 2.24) is 5.32 Å². The van der Waals surface area contributed by atoms with Gasteiger partial charge in [0.15, 0.2) is 0 Å². The predicted octanol–water partition coefficient (Wildman–Crippen LogP) is 1.89. The summed E-state index contributed by atoms with van der Waals surface area (Å²) >= 11 is 0. The molecule has 0 radical (unpaired) electrons. The third-order valence-electron chi connectivity index (χ3n) is 3.63. The number of esters is 1. The van der Waals surface area contributed by atoms with Crippen molar-refractivity contribution in [2.45, 2.75) is 39.3 Å². The first-order chi connectivity index (χ1) is 9.01. The number of rotatable bonds is 3. The molecule has 0 aliphatic carbocycles. The summed E-state index contributed by atoms with van der Waals surface area (Å²) in [6.45, 7) is 6.87. The van der Waals surface area contributed by atoms with Crippen molar-refractivity contribution in [2.75, 3.05) is 13.7 Å². The second-order valence-corrected chi connectivity index (χ2v) is 5.16. The Labute approximate surface area is 114 Å². The lowest BCUT2D eigenvalue weighted by molar-refractivity contribution is -0.142. The van der Waals surface area contributed by atoms with Crippen LogP contribution < -0.4 is 10.1 Å². The first kappa shape index (κ1) is 13.9. The Bertz CT molecular complexity index is 485. The predicted molar refractivity (Wildman–Crippen MR) is 73.5 cm³/mol. The van der Waals surface area contributed by atoms with Crippen LogP contribution in [0.5, 0.6) is 5.75 Å². The summed E-state index contributed by atoms with van der Waals surface area (Å²) in [7, 11) is 1.41. The van der Waals surface area contributed by atoms with Crippen LogP contribution in [0.2, 0.25) is 0 Å². The molecule has 1 heterocycles. The molecule has 2 atom stereocenters. The van der Waals surface area contributed by atoms with E-state index in [9.17, 15) is 4.79 Å². The highest BCUT2D eigenvalue weighted by atomic mass is 16.5. The summed E-state index contributed by atoms with van der Waals surface area (Å²) in [5.74, 6) is 0.693. The normalized spacial score (nSPS) is 22.3. The Kier molecular flexibility index (Phi) is 4.10. The first-order valence-electron chi connectivity index (χ1n) is 6.57. The van der Waals surface area contributed by atoms with Gasteiger partial charge in [-0.3, -0.25) is 4.79 Å². The lowest BCUT2D eigenvalue weighted by Gasteiger charge is -2.17. The fourth-order valence-electron chi connectivity index (χ4n) is 2.42. The highest BCUT2D eigenvalue weighted by molar-refractivity contribution is 5.76. The molecule has 0 spiro atoms. The van der Waals surface area contributed by atoms with Crippen molar-refractivity contribution in [3.63, 3.8) is 0 Å². The molecule has 1 aliphatic rings. The van der Waals surface area contributed by atoms with Crippen LogP contribution in [0.3, 0.4) is 0 Å². The fourth-order valence-corrected chi connectivity index (χ4v) is 2.42. The molecule has 1 aliphatic heterocycles. The number of nitrogens with one attached hydrogen (secondary N) is 1. The molecule has 0 bridgehead atoms. The van der Waals surface area contributed by atoms with E-state index < -0.39 is 0 Å². The fraction of sp³-hybridized carbons (Fsp3) is 0.533. The van der Waals surface area contributed by atoms with E-state index in [2.05, 4.69) is 32.2 Å². The van der Waals surface area contributed by atoms with Gasteiger partial charge < -0.3 is 14.8 Å². The van der Waals surface area contributed by atoms with Gasteiger partial charge in [0.1, 0.15) is 17.9 Å². The second-order valence-electron chi connectivity index (χ2n) is 5.16. The molecular weight excluding hydrogens is 242 g/mol. The number of methoxy groups -OCH3 is 1. The molecule has 104 valence electrons. The van der Waals surface area contributed by atoms with E-state index >= 15 is 0 Å². The molecule has 1 saturated heterocycles. The zero-order chi connectivity index (χ0) is 14.0. The van der Waals surface area contributed by atoms with Crippen LogP contribution in [0.1, 0.15) is 23.1 Å². The minimum Gasteiger partial charge on any atom is -0.489 e. The van der Waals surface area contributed by atoms with Gasteiger partial charge in [0.25, 0.3) is 0 Å². The van der Waals surface area contributed by atoms with E-state index in [1.54, 1.807) is 0 Å². The van der Waals surface area contributed by atoms with Crippen molar-refractivity contribution in [3.8, 4) is 5.75 Å². The van der Waals surface area contributed by atoms with Gasteiger partial charge in [-0.2, -0.15) is 0 Å². The van der Waals surface area contributed by atoms with Gasteiger partial charge in [-0.25, -0.2) is 0 Å². The summed E-state index contributed by atoms with van der Waals surface area (Å²) < 4.78 is 10.8. The first-order valence-corrected chi connectivity index (χ1v) is 6.57. The number of carbonyl (C=O) groups excluding carboxylic acids is 1. The largest absolute Gasteiger partial charge is 0.489 e. The minimum atomic E-state index is -0.249. The van der Waals surface area contributed by atoms with Crippen LogP contribution in [0.4, 0.5) is 0 Å². The van der Waals surface area contributed by atoms with Gasteiger partial charge in [-0.05, 0) is 43.5 Å². The van der Waals surface area contributed by atoms with Gasteiger partial charge in [0, 0.05) is 13.0 Å². The Balaban J connectivity index is 2.05. The zero-order valence-corrected chi connectivity index (χ0v) is 11.9. The topological polar surface area (TPSA) is 47.6 Å². The van der Waals surface area contributed by atoms with Crippen molar-refractivity contribution in [1.29, 1.82) is 0 Å². The van der Waals surface area contributed by atoms with Gasteiger partial charge in [0.2, 0.25) is 0 Å². The van der Waals surface area contributed by atoms with Crippen LogP contribution in [0.15, 0.2) is 12.1 Å². The summed E-state index contributed by atoms with van der Waals surface area (Å²) in [6.07, 6.45) is 0.669. The summed E-state index contributed by atoms with van der Waals surface area (Å²) in [4.78, 5) is 11.4. The van der Waals surface area contributed by atoms with Crippen molar-refractivity contribution in [3.05, 3.63) is 28.8 Å². The quantitative estimate of drug-likeness (QED) is 0.846. The molecule has 1 fully saturated rings. The third-order valence-corrected chi connectivity index (χ3v) is 3.63. The minimum absolute atomic E-state index is 0.0176. The molecule has 1 N–H and O–H groups in total. The van der Waals surface area contributed by atoms with Crippen LogP contribution in [0, 0.1) is 20.8 Å². The molecule has 19 heavy (non-hydrogen) atoms. The average Bonchev–Trinajstić information content (AvgIpc) is 2.83. The van der Waals surface area contributed by atoms with E-state index in [1.807, 2.05) is 6.07 Å².